The summed E-state index contributed by atoms with van der Waals surface area (Å²) in [7, 11) is 0. The smallest absolute Gasteiger partial charge is 0.130 e. The maximum Gasteiger partial charge on any atom is 0.130 e. The number of nitrogens with zero attached hydrogens (tertiary/aromatic N) is 1. The van der Waals surface area contributed by atoms with Gasteiger partial charge < -0.3 is 10.5 Å². The number of fused-ring (bicyclic) bond motifs is 1. The van der Waals surface area contributed by atoms with E-state index in [1.807, 2.05) is 36.4 Å². The van der Waals surface area contributed by atoms with E-state index in [0.29, 0.717) is 13.2 Å². The van der Waals surface area contributed by atoms with Crippen LogP contribution >= 0.6 is 0 Å². The topological polar surface area (TPSA) is 48.1 Å². The second kappa shape index (κ2) is 5.46. The molecular formula is C14H16N2O. The standard InChI is InChI=1S/C14H16N2O/c1-2-3-8-17-14-9-11(10-15)16-13-7-5-4-6-12(13)14/h2,4-7,9H,1,3,8,10,15H2. The first-order chi connectivity index (χ1) is 8.35. The van der Waals surface area contributed by atoms with Crippen LogP contribution in [0.25, 0.3) is 10.9 Å². The zero-order valence-electron chi connectivity index (χ0n) is 9.73. The summed E-state index contributed by atoms with van der Waals surface area (Å²) in [6.45, 7) is 4.72. The van der Waals surface area contributed by atoms with Crippen LogP contribution in [0.1, 0.15) is 12.1 Å². The Morgan fingerprint density at radius 1 is 1.35 bits per heavy atom. The molecular weight excluding hydrogens is 212 g/mol. The van der Waals surface area contributed by atoms with Crippen molar-refractivity contribution in [1.29, 1.82) is 0 Å². The van der Waals surface area contributed by atoms with Gasteiger partial charge in [0.05, 0.1) is 17.8 Å². The summed E-state index contributed by atoms with van der Waals surface area (Å²) in [5.41, 5.74) is 7.40. The first-order valence-corrected chi connectivity index (χ1v) is 5.67. The number of pyridine rings is 1. The van der Waals surface area contributed by atoms with Crippen molar-refractivity contribution in [2.24, 2.45) is 5.73 Å². The van der Waals surface area contributed by atoms with Gasteiger partial charge in [-0.2, -0.15) is 0 Å². The molecule has 0 bridgehead atoms. The van der Waals surface area contributed by atoms with Gasteiger partial charge in [0.1, 0.15) is 5.75 Å². The van der Waals surface area contributed by atoms with E-state index in [9.17, 15) is 0 Å². The van der Waals surface area contributed by atoms with Crippen LogP contribution in [0.2, 0.25) is 0 Å². The Labute approximate surface area is 101 Å². The third kappa shape index (κ3) is 2.63. The van der Waals surface area contributed by atoms with Gasteiger partial charge in [-0.3, -0.25) is 4.98 Å². The highest BCUT2D eigenvalue weighted by Crippen LogP contribution is 2.25. The summed E-state index contributed by atoms with van der Waals surface area (Å²) in [4.78, 5) is 4.46. The molecule has 3 heteroatoms. The molecule has 17 heavy (non-hydrogen) atoms. The van der Waals surface area contributed by atoms with Crippen LogP contribution in [-0.2, 0) is 6.54 Å². The highest BCUT2D eigenvalue weighted by atomic mass is 16.5. The zero-order valence-corrected chi connectivity index (χ0v) is 9.73. The van der Waals surface area contributed by atoms with E-state index in [2.05, 4.69) is 11.6 Å². The van der Waals surface area contributed by atoms with Crippen molar-refractivity contribution < 1.29 is 4.74 Å². The van der Waals surface area contributed by atoms with Gasteiger partial charge in [-0.25, -0.2) is 0 Å². The summed E-state index contributed by atoms with van der Waals surface area (Å²) >= 11 is 0. The van der Waals surface area contributed by atoms with Gasteiger partial charge in [0.15, 0.2) is 0 Å². The maximum absolute atomic E-state index is 5.74. The molecule has 0 aliphatic rings. The summed E-state index contributed by atoms with van der Waals surface area (Å²) in [5, 5.41) is 1.02. The van der Waals surface area contributed by atoms with E-state index in [0.717, 1.165) is 28.8 Å². The van der Waals surface area contributed by atoms with Gasteiger partial charge in [-0.05, 0) is 18.6 Å². The van der Waals surface area contributed by atoms with Crippen LogP contribution < -0.4 is 10.5 Å². The predicted octanol–water partition coefficient (Wildman–Crippen LogP) is 2.65. The number of hydrogen-bond donors (Lipinski definition) is 1. The van der Waals surface area contributed by atoms with Crippen molar-refractivity contribution in [3.8, 4) is 5.75 Å². The molecule has 0 saturated carbocycles. The summed E-state index contributed by atoms with van der Waals surface area (Å²) in [5.74, 6) is 0.845. The van der Waals surface area contributed by atoms with Gasteiger partial charge in [-0.15, -0.1) is 6.58 Å². The van der Waals surface area contributed by atoms with Gasteiger partial charge in [0.2, 0.25) is 0 Å². The fourth-order valence-corrected chi connectivity index (χ4v) is 1.67. The van der Waals surface area contributed by atoms with E-state index in [4.69, 9.17) is 10.5 Å². The third-order valence-electron chi connectivity index (χ3n) is 2.52. The van der Waals surface area contributed by atoms with Crippen LogP contribution in [0.4, 0.5) is 0 Å². The molecule has 3 nitrogen and oxygen atoms in total. The summed E-state index contributed by atoms with van der Waals surface area (Å²) in [6, 6.07) is 9.82. The molecule has 0 saturated heterocycles. The number of rotatable bonds is 5. The lowest BCUT2D eigenvalue weighted by atomic mass is 10.2. The largest absolute Gasteiger partial charge is 0.492 e. The van der Waals surface area contributed by atoms with Crippen LogP contribution in [0.15, 0.2) is 43.0 Å². The Balaban J connectivity index is 2.39. The Kier molecular flexibility index (Phi) is 3.73. The predicted molar refractivity (Wildman–Crippen MR) is 69.9 cm³/mol. The Bertz CT molecular complexity index is 523. The maximum atomic E-state index is 5.74. The van der Waals surface area contributed by atoms with E-state index < -0.39 is 0 Å². The first-order valence-electron chi connectivity index (χ1n) is 5.67. The summed E-state index contributed by atoms with van der Waals surface area (Å²) in [6.07, 6.45) is 2.67. The SMILES string of the molecule is C=CCCOc1cc(CN)nc2ccccc12. The molecule has 2 aromatic rings. The molecule has 1 heterocycles. The lowest BCUT2D eigenvalue weighted by molar-refractivity contribution is 0.328. The number of ether oxygens (including phenoxy) is 1. The molecule has 2 N–H and O–H groups in total. The molecule has 0 aliphatic carbocycles. The van der Waals surface area contributed by atoms with Crippen LogP contribution in [0.5, 0.6) is 5.75 Å². The lowest BCUT2D eigenvalue weighted by Crippen LogP contribution is -2.03. The van der Waals surface area contributed by atoms with Crippen LogP contribution in [0.3, 0.4) is 0 Å². The van der Waals surface area contributed by atoms with Gasteiger partial charge in [0.25, 0.3) is 0 Å². The van der Waals surface area contributed by atoms with Crippen molar-refractivity contribution in [2.45, 2.75) is 13.0 Å². The second-order valence-electron chi connectivity index (χ2n) is 3.76. The van der Waals surface area contributed by atoms with Gasteiger partial charge in [0, 0.05) is 18.0 Å². The molecule has 0 fully saturated rings. The molecule has 2 rings (SSSR count). The Hall–Kier alpha value is -1.87. The average Bonchev–Trinajstić information content (AvgIpc) is 2.38. The van der Waals surface area contributed by atoms with E-state index in [-0.39, 0.29) is 0 Å². The molecule has 0 atom stereocenters. The van der Waals surface area contributed by atoms with E-state index >= 15 is 0 Å². The zero-order chi connectivity index (χ0) is 12.1. The minimum atomic E-state index is 0.419. The van der Waals surface area contributed by atoms with Crippen LogP contribution in [-0.4, -0.2) is 11.6 Å². The van der Waals surface area contributed by atoms with Crippen molar-refractivity contribution >= 4 is 10.9 Å². The first kappa shape index (κ1) is 11.6. The molecule has 88 valence electrons. The van der Waals surface area contributed by atoms with Crippen molar-refractivity contribution in [1.82, 2.24) is 4.98 Å². The van der Waals surface area contributed by atoms with Crippen LogP contribution in [0, 0.1) is 0 Å². The van der Waals surface area contributed by atoms with Crippen molar-refractivity contribution in [3.05, 3.63) is 48.7 Å². The second-order valence-corrected chi connectivity index (χ2v) is 3.76. The molecule has 0 spiro atoms. The van der Waals surface area contributed by atoms with Gasteiger partial charge in [-0.1, -0.05) is 18.2 Å². The number of aromatic nitrogens is 1. The molecule has 1 aromatic heterocycles. The minimum absolute atomic E-state index is 0.419. The highest BCUT2D eigenvalue weighted by molar-refractivity contribution is 5.85. The number of hydrogen-bond acceptors (Lipinski definition) is 3. The number of nitrogens with two attached hydrogens (primary N) is 1. The fourth-order valence-electron chi connectivity index (χ4n) is 1.67. The Morgan fingerprint density at radius 2 is 2.18 bits per heavy atom. The number of para-hydroxylation sites is 1. The van der Waals surface area contributed by atoms with Gasteiger partial charge >= 0.3 is 0 Å². The van der Waals surface area contributed by atoms with Crippen molar-refractivity contribution in [2.75, 3.05) is 6.61 Å². The highest BCUT2D eigenvalue weighted by Gasteiger charge is 2.05. The number of benzene rings is 1. The molecule has 0 aliphatic heterocycles. The van der Waals surface area contributed by atoms with Crippen molar-refractivity contribution in [3.63, 3.8) is 0 Å². The lowest BCUT2D eigenvalue weighted by Gasteiger charge is -2.09. The molecule has 0 unspecified atom stereocenters. The molecule has 1 aromatic carbocycles. The summed E-state index contributed by atoms with van der Waals surface area (Å²) < 4.78 is 5.74. The van der Waals surface area contributed by atoms with E-state index in [1.165, 1.54) is 0 Å². The Morgan fingerprint density at radius 3 is 2.94 bits per heavy atom. The average molecular weight is 228 g/mol. The minimum Gasteiger partial charge on any atom is -0.492 e. The quantitative estimate of drug-likeness (QED) is 0.632. The normalized spacial score (nSPS) is 10.4. The third-order valence-corrected chi connectivity index (χ3v) is 2.52. The van der Waals surface area contributed by atoms with E-state index in [1.54, 1.807) is 0 Å². The molecule has 0 radical (unpaired) electrons. The monoisotopic (exact) mass is 228 g/mol. The fraction of sp³-hybridized carbons (Fsp3) is 0.214. The molecule has 0 amide bonds.